The minimum absolute atomic E-state index is 0.0717. The van der Waals surface area contributed by atoms with Crippen LogP contribution in [0.4, 0.5) is 5.69 Å². The first-order chi connectivity index (χ1) is 20.0. The Hall–Kier alpha value is -3.65. The molecule has 4 rings (SSSR count). The van der Waals surface area contributed by atoms with Crippen LogP contribution < -0.4 is 9.62 Å². The molecule has 42 heavy (non-hydrogen) atoms. The van der Waals surface area contributed by atoms with Crippen LogP contribution in [0.5, 0.6) is 0 Å². The Morgan fingerprint density at radius 1 is 0.881 bits per heavy atom. The highest BCUT2D eigenvalue weighted by molar-refractivity contribution is 7.92. The van der Waals surface area contributed by atoms with E-state index in [2.05, 4.69) is 5.32 Å². The summed E-state index contributed by atoms with van der Waals surface area (Å²) in [5.41, 5.74) is 4.94. The molecule has 1 saturated carbocycles. The zero-order valence-corrected chi connectivity index (χ0v) is 26.0. The summed E-state index contributed by atoms with van der Waals surface area (Å²) in [4.78, 5) is 30.0. The molecule has 3 aromatic carbocycles. The van der Waals surface area contributed by atoms with E-state index < -0.39 is 28.5 Å². The number of nitrogens with one attached hydrogen (secondary N) is 1. The molecule has 0 unspecified atom stereocenters. The molecule has 0 saturated heterocycles. The first-order valence-corrected chi connectivity index (χ1v) is 16.6. The molecule has 0 aromatic heterocycles. The average Bonchev–Trinajstić information content (AvgIpc) is 2.96. The smallest absolute Gasteiger partial charge is 0.244 e. The lowest BCUT2D eigenvalue weighted by Gasteiger charge is -2.35. The first kappa shape index (κ1) is 31.3. The van der Waals surface area contributed by atoms with Crippen molar-refractivity contribution in [1.82, 2.24) is 10.2 Å². The topological polar surface area (TPSA) is 86.8 Å². The van der Waals surface area contributed by atoms with Gasteiger partial charge in [-0.15, -0.1) is 0 Å². The fourth-order valence-electron chi connectivity index (χ4n) is 5.65. The lowest BCUT2D eigenvalue weighted by Crippen LogP contribution is -2.55. The van der Waals surface area contributed by atoms with Crippen molar-refractivity contribution in [2.45, 2.75) is 77.9 Å². The molecule has 0 bridgehead atoms. The highest BCUT2D eigenvalue weighted by atomic mass is 32.2. The number of aryl methyl sites for hydroxylation is 3. The highest BCUT2D eigenvalue weighted by Gasteiger charge is 2.34. The Labute approximate surface area is 251 Å². The van der Waals surface area contributed by atoms with Crippen molar-refractivity contribution in [3.05, 3.63) is 101 Å². The Morgan fingerprint density at radius 2 is 1.55 bits per heavy atom. The normalized spacial score (nSPS) is 14.7. The zero-order valence-electron chi connectivity index (χ0n) is 25.2. The van der Waals surface area contributed by atoms with Gasteiger partial charge in [0, 0.05) is 19.0 Å². The summed E-state index contributed by atoms with van der Waals surface area (Å²) in [5.74, 6) is -0.630. The van der Waals surface area contributed by atoms with Gasteiger partial charge in [0.05, 0.1) is 11.9 Å². The van der Waals surface area contributed by atoms with Gasteiger partial charge in [0.15, 0.2) is 0 Å². The van der Waals surface area contributed by atoms with E-state index in [0.29, 0.717) is 12.1 Å². The van der Waals surface area contributed by atoms with Crippen LogP contribution in [-0.2, 0) is 32.6 Å². The molecule has 0 radical (unpaired) electrons. The number of hydrogen-bond donors (Lipinski definition) is 1. The summed E-state index contributed by atoms with van der Waals surface area (Å²) >= 11 is 0. The fourth-order valence-corrected chi connectivity index (χ4v) is 6.55. The lowest BCUT2D eigenvalue weighted by molar-refractivity contribution is -0.140. The molecule has 3 aromatic rings. The standard InChI is InChI=1S/C34H43N3O4S/c1-25-19-20-27(3)31(21-25)37(42(4,40)41)24-33(38)36(23-29-16-12-11-13-26(29)2)32(22-28-14-7-5-8-15-28)34(39)35-30-17-9-6-10-18-30/h5,7-8,11-16,19-21,30,32H,6,9-10,17-18,22-24H2,1-4H3,(H,35,39)/t32-/m1/s1. The number of rotatable bonds is 11. The van der Waals surface area contributed by atoms with Gasteiger partial charge in [0.2, 0.25) is 21.8 Å². The maximum atomic E-state index is 14.4. The molecule has 7 nitrogen and oxygen atoms in total. The fraction of sp³-hybridized carbons (Fsp3) is 0.412. The van der Waals surface area contributed by atoms with Crippen LogP contribution >= 0.6 is 0 Å². The molecular formula is C34H43N3O4S. The Balaban J connectivity index is 1.75. The molecule has 1 aliphatic rings. The van der Waals surface area contributed by atoms with Crippen molar-refractivity contribution in [2.75, 3.05) is 17.1 Å². The minimum Gasteiger partial charge on any atom is -0.352 e. The summed E-state index contributed by atoms with van der Waals surface area (Å²) in [6, 6.07) is 22.3. The minimum atomic E-state index is -3.81. The molecule has 0 spiro atoms. The summed E-state index contributed by atoms with van der Waals surface area (Å²) < 4.78 is 27.4. The van der Waals surface area contributed by atoms with Crippen molar-refractivity contribution in [2.24, 2.45) is 0 Å². The number of nitrogens with zero attached hydrogens (tertiary/aromatic N) is 2. The predicted molar refractivity (Wildman–Crippen MR) is 169 cm³/mol. The molecule has 2 amide bonds. The third kappa shape index (κ3) is 8.22. The summed E-state index contributed by atoms with van der Waals surface area (Å²) in [7, 11) is -3.81. The third-order valence-corrected chi connectivity index (χ3v) is 9.26. The molecule has 0 aliphatic heterocycles. The van der Waals surface area contributed by atoms with Crippen molar-refractivity contribution >= 4 is 27.5 Å². The molecule has 1 fully saturated rings. The Bertz CT molecular complexity index is 1480. The second kappa shape index (κ2) is 14.0. The van der Waals surface area contributed by atoms with Crippen LogP contribution in [0.15, 0.2) is 72.8 Å². The van der Waals surface area contributed by atoms with Gasteiger partial charge in [0.25, 0.3) is 0 Å². The van der Waals surface area contributed by atoms with Gasteiger partial charge in [-0.2, -0.15) is 0 Å². The summed E-state index contributed by atoms with van der Waals surface area (Å²) in [6.45, 7) is 5.48. The zero-order chi connectivity index (χ0) is 30.3. The number of anilines is 1. The van der Waals surface area contributed by atoms with E-state index in [1.54, 1.807) is 11.0 Å². The predicted octanol–water partition coefficient (Wildman–Crippen LogP) is 5.47. The van der Waals surface area contributed by atoms with E-state index >= 15 is 0 Å². The molecule has 0 heterocycles. The van der Waals surface area contributed by atoms with Gasteiger partial charge < -0.3 is 10.2 Å². The monoisotopic (exact) mass is 589 g/mol. The number of hydrogen-bond acceptors (Lipinski definition) is 4. The number of amides is 2. The SMILES string of the molecule is Cc1ccc(C)c(N(CC(=O)N(Cc2ccccc2C)[C@H](Cc2ccccc2)C(=O)NC2CCCCC2)S(C)(=O)=O)c1. The quantitative estimate of drug-likeness (QED) is 0.322. The average molecular weight is 590 g/mol. The van der Waals surface area contributed by atoms with E-state index in [1.165, 1.54) is 4.31 Å². The van der Waals surface area contributed by atoms with E-state index in [1.807, 2.05) is 87.5 Å². The first-order valence-electron chi connectivity index (χ1n) is 14.8. The van der Waals surface area contributed by atoms with E-state index in [4.69, 9.17) is 0 Å². The Morgan fingerprint density at radius 3 is 2.21 bits per heavy atom. The van der Waals surface area contributed by atoms with E-state index in [9.17, 15) is 18.0 Å². The van der Waals surface area contributed by atoms with Crippen molar-refractivity contribution in [3.63, 3.8) is 0 Å². The highest BCUT2D eigenvalue weighted by Crippen LogP contribution is 2.26. The molecule has 224 valence electrons. The molecular weight excluding hydrogens is 546 g/mol. The van der Waals surface area contributed by atoms with Gasteiger partial charge in [-0.3, -0.25) is 13.9 Å². The molecule has 1 N–H and O–H groups in total. The second-order valence-corrected chi connectivity index (χ2v) is 13.5. The largest absolute Gasteiger partial charge is 0.352 e. The number of carbonyl (C=O) groups is 2. The number of benzene rings is 3. The number of sulfonamides is 1. The van der Waals surface area contributed by atoms with Crippen LogP contribution in [0.1, 0.15) is 59.9 Å². The van der Waals surface area contributed by atoms with Gasteiger partial charge >= 0.3 is 0 Å². The van der Waals surface area contributed by atoms with Crippen molar-refractivity contribution in [3.8, 4) is 0 Å². The summed E-state index contributed by atoms with van der Waals surface area (Å²) in [6.07, 6.45) is 6.58. The van der Waals surface area contributed by atoms with Crippen molar-refractivity contribution < 1.29 is 18.0 Å². The van der Waals surface area contributed by atoms with Gasteiger partial charge in [0.1, 0.15) is 12.6 Å². The Kier molecular flexibility index (Phi) is 10.4. The van der Waals surface area contributed by atoms with E-state index in [0.717, 1.165) is 66.2 Å². The maximum Gasteiger partial charge on any atom is 0.244 e. The lowest BCUT2D eigenvalue weighted by atomic mass is 9.94. The van der Waals surface area contributed by atoms with Gasteiger partial charge in [-0.05, 0) is 67.5 Å². The third-order valence-electron chi connectivity index (χ3n) is 8.14. The van der Waals surface area contributed by atoms with E-state index in [-0.39, 0.29) is 18.5 Å². The molecule has 8 heteroatoms. The van der Waals surface area contributed by atoms with Crippen LogP contribution in [0.3, 0.4) is 0 Å². The second-order valence-electron chi connectivity index (χ2n) is 11.6. The number of carbonyl (C=O) groups excluding carboxylic acids is 2. The van der Waals surface area contributed by atoms with Crippen LogP contribution in [0.25, 0.3) is 0 Å². The summed E-state index contributed by atoms with van der Waals surface area (Å²) in [5, 5.41) is 3.24. The van der Waals surface area contributed by atoms with Crippen LogP contribution in [0.2, 0.25) is 0 Å². The van der Waals surface area contributed by atoms with Crippen molar-refractivity contribution in [1.29, 1.82) is 0 Å². The molecule has 1 atom stereocenters. The van der Waals surface area contributed by atoms with Crippen LogP contribution in [0, 0.1) is 20.8 Å². The molecule has 1 aliphatic carbocycles. The maximum absolute atomic E-state index is 14.4. The van der Waals surface area contributed by atoms with Crippen LogP contribution in [-0.4, -0.2) is 50.0 Å². The van der Waals surface area contributed by atoms with Gasteiger partial charge in [-0.1, -0.05) is 86.0 Å². The van der Waals surface area contributed by atoms with Gasteiger partial charge in [-0.25, -0.2) is 8.42 Å².